The summed E-state index contributed by atoms with van der Waals surface area (Å²) in [6.07, 6.45) is 1.76. The van der Waals surface area contributed by atoms with Gasteiger partial charge in [0.25, 0.3) is 5.91 Å². The topological polar surface area (TPSA) is 103 Å². The van der Waals surface area contributed by atoms with Crippen LogP contribution >= 0.6 is 0 Å². The highest BCUT2D eigenvalue weighted by atomic mass is 32.2. The Kier molecular flexibility index (Phi) is 7.13. The maximum Gasteiger partial charge on any atom is 0.254 e. The minimum Gasteiger partial charge on any atom is -0.329 e. The lowest BCUT2D eigenvalue weighted by Crippen LogP contribution is -2.32. The lowest BCUT2D eigenvalue weighted by atomic mass is 10.0. The summed E-state index contributed by atoms with van der Waals surface area (Å²) in [7, 11) is -2.04. The molecular formula is C23H22N4O3S. The van der Waals surface area contributed by atoms with Crippen LogP contribution in [0, 0.1) is 11.3 Å². The molecule has 1 heterocycles. The summed E-state index contributed by atoms with van der Waals surface area (Å²) in [6.45, 7) is 0.0328. The summed E-state index contributed by atoms with van der Waals surface area (Å²) in [5.74, 6) is -0.263. The van der Waals surface area contributed by atoms with Gasteiger partial charge in [-0.05, 0) is 42.0 Å². The third-order valence-electron chi connectivity index (χ3n) is 4.73. The quantitative estimate of drug-likeness (QED) is 0.549. The van der Waals surface area contributed by atoms with Crippen LogP contribution in [0.3, 0.4) is 0 Å². The van der Waals surface area contributed by atoms with E-state index in [1.165, 1.54) is 24.3 Å². The van der Waals surface area contributed by atoms with Crippen molar-refractivity contribution in [2.24, 2.45) is 0 Å². The molecule has 1 atom stereocenters. The van der Waals surface area contributed by atoms with Gasteiger partial charge in [-0.25, -0.2) is 13.1 Å². The van der Waals surface area contributed by atoms with Crippen molar-refractivity contribution >= 4 is 15.9 Å². The Balaban J connectivity index is 1.86. The van der Waals surface area contributed by atoms with Crippen molar-refractivity contribution in [3.63, 3.8) is 0 Å². The van der Waals surface area contributed by atoms with Crippen molar-refractivity contribution in [1.29, 1.82) is 5.26 Å². The highest BCUT2D eigenvalue weighted by Gasteiger charge is 2.25. The average molecular weight is 435 g/mol. The maximum atomic E-state index is 13.2. The molecule has 8 heteroatoms. The second kappa shape index (κ2) is 9.98. The van der Waals surface area contributed by atoms with E-state index in [1.54, 1.807) is 18.1 Å². The molecule has 3 rings (SSSR count). The fraction of sp³-hybridized carbons (Fsp3) is 0.174. The molecule has 158 valence electrons. The van der Waals surface area contributed by atoms with Gasteiger partial charge in [0.15, 0.2) is 0 Å². The highest BCUT2D eigenvalue weighted by molar-refractivity contribution is 7.89. The van der Waals surface area contributed by atoms with Crippen LogP contribution in [-0.2, 0) is 10.0 Å². The van der Waals surface area contributed by atoms with Gasteiger partial charge >= 0.3 is 0 Å². The van der Waals surface area contributed by atoms with Crippen LogP contribution in [0.5, 0.6) is 0 Å². The van der Waals surface area contributed by atoms with E-state index >= 15 is 0 Å². The van der Waals surface area contributed by atoms with E-state index in [9.17, 15) is 13.2 Å². The number of carbonyl (C=O) groups is 1. The van der Waals surface area contributed by atoms with Gasteiger partial charge < -0.3 is 4.90 Å². The Morgan fingerprint density at radius 3 is 2.35 bits per heavy atom. The summed E-state index contributed by atoms with van der Waals surface area (Å²) in [5.41, 5.74) is 2.00. The molecule has 0 spiro atoms. The van der Waals surface area contributed by atoms with Crippen molar-refractivity contribution in [3.05, 3.63) is 95.8 Å². The number of nitriles is 1. The van der Waals surface area contributed by atoms with Crippen LogP contribution in [0.25, 0.3) is 0 Å². The van der Waals surface area contributed by atoms with Gasteiger partial charge in [0.1, 0.15) is 0 Å². The monoisotopic (exact) mass is 434 g/mol. The number of aromatic nitrogens is 1. The fourth-order valence-corrected chi connectivity index (χ4v) is 4.22. The summed E-state index contributed by atoms with van der Waals surface area (Å²) < 4.78 is 26.9. The molecule has 0 bridgehead atoms. The molecule has 2 aromatic carbocycles. The molecule has 0 aliphatic heterocycles. The van der Waals surface area contributed by atoms with Crippen LogP contribution in [0.15, 0.2) is 83.9 Å². The third kappa shape index (κ3) is 5.34. The van der Waals surface area contributed by atoms with Crippen molar-refractivity contribution < 1.29 is 13.2 Å². The number of hydrogen-bond acceptors (Lipinski definition) is 5. The Morgan fingerprint density at radius 1 is 1.06 bits per heavy atom. The zero-order chi connectivity index (χ0) is 22.3. The number of amides is 1. The molecule has 3 aromatic rings. The van der Waals surface area contributed by atoms with E-state index < -0.39 is 16.1 Å². The predicted octanol–water partition coefficient (Wildman–Crippen LogP) is 3.14. The molecule has 0 aliphatic carbocycles. The van der Waals surface area contributed by atoms with Gasteiger partial charge in [-0.15, -0.1) is 0 Å². The number of nitrogens with zero attached hydrogens (tertiary/aromatic N) is 3. The molecule has 1 aromatic heterocycles. The largest absolute Gasteiger partial charge is 0.329 e. The highest BCUT2D eigenvalue weighted by Crippen LogP contribution is 2.27. The number of sulfonamides is 1. The molecule has 0 aliphatic rings. The summed E-state index contributed by atoms with van der Waals surface area (Å²) in [5, 5.41) is 8.56. The number of rotatable bonds is 8. The van der Waals surface area contributed by atoms with E-state index in [0.717, 1.165) is 11.3 Å². The van der Waals surface area contributed by atoms with Crippen LogP contribution in [-0.4, -0.2) is 37.8 Å². The molecule has 31 heavy (non-hydrogen) atoms. The molecule has 0 unspecified atom stereocenters. The van der Waals surface area contributed by atoms with Crippen LogP contribution < -0.4 is 4.72 Å². The number of carbonyl (C=O) groups excluding carboxylic acids is 1. The second-order valence-corrected chi connectivity index (χ2v) is 8.58. The molecule has 0 fully saturated rings. The summed E-state index contributed by atoms with van der Waals surface area (Å²) in [6, 6.07) is 22.4. The number of nitrogens with one attached hydrogen (secondary N) is 1. The first-order valence-corrected chi connectivity index (χ1v) is 11.1. The Bertz CT molecular complexity index is 1120. The van der Waals surface area contributed by atoms with E-state index in [4.69, 9.17) is 5.26 Å². The predicted molar refractivity (Wildman–Crippen MR) is 116 cm³/mol. The van der Waals surface area contributed by atoms with E-state index in [1.807, 2.05) is 54.6 Å². The lowest BCUT2D eigenvalue weighted by molar-refractivity contribution is 0.0752. The second-order valence-electron chi connectivity index (χ2n) is 6.81. The molecule has 0 saturated heterocycles. The van der Waals surface area contributed by atoms with E-state index in [2.05, 4.69) is 9.71 Å². The van der Waals surface area contributed by atoms with Crippen molar-refractivity contribution in [2.45, 2.75) is 17.4 Å². The fourth-order valence-electron chi connectivity index (χ4n) is 3.19. The van der Waals surface area contributed by atoms with Gasteiger partial charge in [0.2, 0.25) is 10.0 Å². The first kappa shape index (κ1) is 22.2. The molecule has 1 N–H and O–H groups in total. The third-order valence-corrected chi connectivity index (χ3v) is 6.21. The minimum atomic E-state index is -3.73. The van der Waals surface area contributed by atoms with Gasteiger partial charge in [0, 0.05) is 31.8 Å². The number of hydrogen-bond donors (Lipinski definition) is 1. The van der Waals surface area contributed by atoms with Crippen LogP contribution in [0.2, 0.25) is 0 Å². The smallest absolute Gasteiger partial charge is 0.254 e. The zero-order valence-electron chi connectivity index (χ0n) is 17.0. The SMILES string of the molecule is CN(C(=O)c1ccc(S(=O)(=O)NCCC#N)cc1)[C@H](c1ccccc1)c1ccccn1. The molecular weight excluding hydrogens is 412 g/mol. The van der Waals surface area contributed by atoms with Crippen LogP contribution in [0.4, 0.5) is 0 Å². The molecule has 0 saturated carbocycles. The first-order valence-electron chi connectivity index (χ1n) is 9.64. The lowest BCUT2D eigenvalue weighted by Gasteiger charge is -2.28. The summed E-state index contributed by atoms with van der Waals surface area (Å²) >= 11 is 0. The Hall–Kier alpha value is -3.54. The molecule has 0 radical (unpaired) electrons. The standard InChI is InChI=1S/C23H22N4O3S/c1-27(22(18-8-3-2-4-9-18)21-10-5-6-16-25-21)23(28)19-11-13-20(14-12-19)31(29,30)26-17-7-15-24/h2-6,8-14,16,22,26H,7,17H2,1H3/t22-/m1/s1. The van der Waals surface area contributed by atoms with E-state index in [-0.39, 0.29) is 23.8 Å². The van der Waals surface area contributed by atoms with Crippen LogP contribution in [0.1, 0.15) is 34.1 Å². The van der Waals surface area contributed by atoms with Gasteiger partial charge in [0.05, 0.1) is 22.7 Å². The van der Waals surface area contributed by atoms with Gasteiger partial charge in [-0.1, -0.05) is 36.4 Å². The Morgan fingerprint density at radius 2 is 1.74 bits per heavy atom. The van der Waals surface area contributed by atoms with E-state index in [0.29, 0.717) is 5.56 Å². The van der Waals surface area contributed by atoms with Gasteiger partial charge in [-0.2, -0.15) is 5.26 Å². The zero-order valence-corrected chi connectivity index (χ0v) is 17.8. The van der Waals surface area contributed by atoms with Crippen molar-refractivity contribution in [3.8, 4) is 6.07 Å². The van der Waals surface area contributed by atoms with Crippen molar-refractivity contribution in [1.82, 2.24) is 14.6 Å². The number of benzene rings is 2. The van der Waals surface area contributed by atoms with Crippen molar-refractivity contribution in [2.75, 3.05) is 13.6 Å². The maximum absolute atomic E-state index is 13.2. The minimum absolute atomic E-state index is 0.0328. The first-order chi connectivity index (χ1) is 14.9. The number of pyridine rings is 1. The molecule has 1 amide bonds. The molecule has 7 nitrogen and oxygen atoms in total. The normalized spacial score (nSPS) is 12.0. The summed E-state index contributed by atoms with van der Waals surface area (Å²) in [4.78, 5) is 19.3. The average Bonchev–Trinajstić information content (AvgIpc) is 2.80. The van der Waals surface area contributed by atoms with Gasteiger partial charge in [-0.3, -0.25) is 9.78 Å². The Labute approximate surface area is 182 Å².